The smallest absolute Gasteiger partial charge is 0.308 e. The van der Waals surface area contributed by atoms with Crippen molar-refractivity contribution < 1.29 is 9.53 Å². The molecule has 1 saturated heterocycles. The van der Waals surface area contributed by atoms with E-state index < -0.39 is 0 Å². The zero-order chi connectivity index (χ0) is 11.1. The van der Waals surface area contributed by atoms with Gasteiger partial charge in [-0.3, -0.25) is 4.79 Å². The summed E-state index contributed by atoms with van der Waals surface area (Å²) in [6, 6.07) is 0. The Labute approximate surface area is 92.6 Å². The highest BCUT2D eigenvalue weighted by molar-refractivity contribution is 5.72. The molecule has 88 valence electrons. The summed E-state index contributed by atoms with van der Waals surface area (Å²) in [5, 5.41) is 3.33. The maximum Gasteiger partial charge on any atom is 0.308 e. The fourth-order valence-corrected chi connectivity index (χ4v) is 2.37. The minimum Gasteiger partial charge on any atom is -0.469 e. The second-order valence-electron chi connectivity index (χ2n) is 4.36. The topological polar surface area (TPSA) is 38.3 Å². The van der Waals surface area contributed by atoms with Crippen molar-refractivity contribution in [2.45, 2.75) is 39.0 Å². The van der Waals surface area contributed by atoms with E-state index in [-0.39, 0.29) is 11.9 Å². The largest absolute Gasteiger partial charge is 0.469 e. The summed E-state index contributed by atoms with van der Waals surface area (Å²) >= 11 is 0. The first-order chi connectivity index (χ1) is 7.29. The van der Waals surface area contributed by atoms with E-state index in [2.05, 4.69) is 12.2 Å². The molecule has 0 aromatic carbocycles. The molecular weight excluding hydrogens is 190 g/mol. The molecular formula is C12H23NO2. The van der Waals surface area contributed by atoms with Crippen molar-refractivity contribution in [3.05, 3.63) is 0 Å². The SMILES string of the molecule is CCCCC(C(=O)OC)C1CCNCC1. The van der Waals surface area contributed by atoms with Crippen LogP contribution >= 0.6 is 0 Å². The lowest BCUT2D eigenvalue weighted by atomic mass is 9.82. The summed E-state index contributed by atoms with van der Waals surface area (Å²) in [6.45, 7) is 4.26. The molecule has 3 heteroatoms. The van der Waals surface area contributed by atoms with Gasteiger partial charge in [-0.25, -0.2) is 0 Å². The van der Waals surface area contributed by atoms with Gasteiger partial charge in [-0.1, -0.05) is 19.8 Å². The van der Waals surface area contributed by atoms with E-state index in [0.29, 0.717) is 5.92 Å². The van der Waals surface area contributed by atoms with Gasteiger partial charge in [0.15, 0.2) is 0 Å². The first kappa shape index (κ1) is 12.5. The van der Waals surface area contributed by atoms with Crippen LogP contribution in [0.25, 0.3) is 0 Å². The number of methoxy groups -OCH3 is 1. The van der Waals surface area contributed by atoms with Crippen molar-refractivity contribution in [1.82, 2.24) is 5.32 Å². The number of esters is 1. The molecule has 1 unspecified atom stereocenters. The van der Waals surface area contributed by atoms with Crippen molar-refractivity contribution in [1.29, 1.82) is 0 Å². The molecule has 1 aliphatic rings. The van der Waals surface area contributed by atoms with Crippen LogP contribution in [0.2, 0.25) is 0 Å². The highest BCUT2D eigenvalue weighted by Crippen LogP contribution is 2.27. The monoisotopic (exact) mass is 213 g/mol. The molecule has 1 atom stereocenters. The zero-order valence-corrected chi connectivity index (χ0v) is 9.92. The molecule has 0 aromatic heterocycles. The number of nitrogens with one attached hydrogen (secondary N) is 1. The highest BCUT2D eigenvalue weighted by Gasteiger charge is 2.29. The Morgan fingerprint density at radius 3 is 2.67 bits per heavy atom. The van der Waals surface area contributed by atoms with Gasteiger partial charge in [0, 0.05) is 0 Å². The van der Waals surface area contributed by atoms with E-state index in [1.54, 1.807) is 0 Å². The Hall–Kier alpha value is -0.570. The molecule has 0 bridgehead atoms. The minimum atomic E-state index is -0.00431. The van der Waals surface area contributed by atoms with Crippen LogP contribution in [0, 0.1) is 11.8 Å². The van der Waals surface area contributed by atoms with Crippen LogP contribution in [0.1, 0.15) is 39.0 Å². The number of carbonyl (C=O) groups is 1. The van der Waals surface area contributed by atoms with Gasteiger partial charge in [-0.05, 0) is 38.3 Å². The van der Waals surface area contributed by atoms with Crippen molar-refractivity contribution in [2.24, 2.45) is 11.8 Å². The molecule has 0 saturated carbocycles. The molecule has 1 rings (SSSR count). The average Bonchev–Trinajstić information content (AvgIpc) is 2.30. The summed E-state index contributed by atoms with van der Waals surface area (Å²) < 4.78 is 4.90. The van der Waals surface area contributed by atoms with Crippen LogP contribution in [0.4, 0.5) is 0 Å². The molecule has 0 radical (unpaired) electrons. The van der Waals surface area contributed by atoms with Crippen LogP contribution in [-0.2, 0) is 9.53 Å². The minimum absolute atomic E-state index is 0.00431. The van der Waals surface area contributed by atoms with E-state index in [9.17, 15) is 4.79 Å². The van der Waals surface area contributed by atoms with Gasteiger partial charge in [-0.15, -0.1) is 0 Å². The van der Waals surface area contributed by atoms with E-state index in [1.807, 2.05) is 0 Å². The molecule has 15 heavy (non-hydrogen) atoms. The molecule has 1 N–H and O–H groups in total. The number of unbranched alkanes of at least 4 members (excludes halogenated alkanes) is 1. The average molecular weight is 213 g/mol. The van der Waals surface area contributed by atoms with Crippen LogP contribution in [0.15, 0.2) is 0 Å². The predicted octanol–water partition coefficient (Wildman–Crippen LogP) is 1.97. The predicted molar refractivity (Wildman–Crippen MR) is 60.6 cm³/mol. The van der Waals surface area contributed by atoms with Crippen LogP contribution < -0.4 is 5.32 Å². The van der Waals surface area contributed by atoms with Crippen LogP contribution in [0.5, 0.6) is 0 Å². The Morgan fingerprint density at radius 1 is 1.47 bits per heavy atom. The third kappa shape index (κ3) is 3.82. The number of ether oxygens (including phenoxy) is 1. The Balaban J connectivity index is 2.49. The number of piperidine rings is 1. The summed E-state index contributed by atoms with van der Waals surface area (Å²) in [7, 11) is 1.50. The second kappa shape index (κ2) is 6.83. The van der Waals surface area contributed by atoms with Crippen LogP contribution in [0.3, 0.4) is 0 Å². The molecule has 3 nitrogen and oxygen atoms in total. The molecule has 0 amide bonds. The van der Waals surface area contributed by atoms with Gasteiger partial charge in [0.25, 0.3) is 0 Å². The lowest BCUT2D eigenvalue weighted by molar-refractivity contribution is -0.148. The standard InChI is InChI=1S/C12H23NO2/c1-3-4-5-11(12(14)15-2)10-6-8-13-9-7-10/h10-11,13H,3-9H2,1-2H3. The van der Waals surface area contributed by atoms with E-state index >= 15 is 0 Å². The Morgan fingerprint density at radius 2 is 2.13 bits per heavy atom. The quantitative estimate of drug-likeness (QED) is 0.710. The molecule has 0 aromatic rings. The first-order valence-corrected chi connectivity index (χ1v) is 6.08. The van der Waals surface area contributed by atoms with Gasteiger partial charge in [0.2, 0.25) is 0 Å². The van der Waals surface area contributed by atoms with Crippen molar-refractivity contribution in [3.63, 3.8) is 0 Å². The van der Waals surface area contributed by atoms with Crippen molar-refractivity contribution in [2.75, 3.05) is 20.2 Å². The molecule has 1 fully saturated rings. The molecule has 0 spiro atoms. The lowest BCUT2D eigenvalue weighted by Gasteiger charge is -2.28. The zero-order valence-electron chi connectivity index (χ0n) is 9.92. The Bertz CT molecular complexity index is 188. The van der Waals surface area contributed by atoms with Gasteiger partial charge < -0.3 is 10.1 Å². The van der Waals surface area contributed by atoms with Gasteiger partial charge in [-0.2, -0.15) is 0 Å². The number of hydrogen-bond donors (Lipinski definition) is 1. The third-order valence-electron chi connectivity index (χ3n) is 3.33. The van der Waals surface area contributed by atoms with E-state index in [0.717, 1.165) is 45.2 Å². The fourth-order valence-electron chi connectivity index (χ4n) is 2.37. The van der Waals surface area contributed by atoms with Crippen molar-refractivity contribution >= 4 is 5.97 Å². The van der Waals surface area contributed by atoms with Crippen LogP contribution in [-0.4, -0.2) is 26.2 Å². The molecule has 0 aliphatic carbocycles. The van der Waals surface area contributed by atoms with Crippen molar-refractivity contribution in [3.8, 4) is 0 Å². The summed E-state index contributed by atoms with van der Waals surface area (Å²) in [6.07, 6.45) is 5.50. The Kier molecular flexibility index (Phi) is 5.69. The van der Waals surface area contributed by atoms with Gasteiger partial charge in [0.05, 0.1) is 13.0 Å². The third-order valence-corrected chi connectivity index (χ3v) is 3.33. The number of rotatable bonds is 5. The lowest BCUT2D eigenvalue weighted by Crippen LogP contribution is -2.35. The maximum absolute atomic E-state index is 11.7. The van der Waals surface area contributed by atoms with E-state index in [4.69, 9.17) is 4.74 Å². The number of carbonyl (C=O) groups excluding carboxylic acids is 1. The number of hydrogen-bond acceptors (Lipinski definition) is 3. The first-order valence-electron chi connectivity index (χ1n) is 6.08. The summed E-state index contributed by atoms with van der Waals surface area (Å²) in [5.41, 5.74) is 0. The second-order valence-corrected chi connectivity index (χ2v) is 4.36. The molecule has 1 heterocycles. The molecule has 1 aliphatic heterocycles. The van der Waals surface area contributed by atoms with E-state index in [1.165, 1.54) is 7.11 Å². The maximum atomic E-state index is 11.7. The van der Waals surface area contributed by atoms with Gasteiger partial charge in [0.1, 0.15) is 0 Å². The summed E-state index contributed by atoms with van der Waals surface area (Å²) in [4.78, 5) is 11.7. The van der Waals surface area contributed by atoms with Gasteiger partial charge >= 0.3 is 5.97 Å². The summed E-state index contributed by atoms with van der Waals surface area (Å²) in [5.74, 6) is 0.664. The highest BCUT2D eigenvalue weighted by atomic mass is 16.5. The normalized spacial score (nSPS) is 19.9. The fraction of sp³-hybridized carbons (Fsp3) is 0.917.